The van der Waals surface area contributed by atoms with E-state index in [1.165, 1.54) is 12.8 Å². The van der Waals surface area contributed by atoms with Gasteiger partial charge in [-0.1, -0.05) is 56.5 Å². The van der Waals surface area contributed by atoms with Crippen molar-refractivity contribution in [3.8, 4) is 0 Å². The number of hydrogen-bond acceptors (Lipinski definition) is 2. The fourth-order valence-electron chi connectivity index (χ4n) is 1.80. The van der Waals surface area contributed by atoms with Crippen LogP contribution in [0.4, 0.5) is 0 Å². The van der Waals surface area contributed by atoms with Crippen LogP contribution < -0.4 is 5.32 Å². The second kappa shape index (κ2) is 8.70. The molecule has 0 radical (unpaired) electrons. The van der Waals surface area contributed by atoms with Crippen LogP contribution in [-0.4, -0.2) is 17.6 Å². The highest BCUT2D eigenvalue weighted by molar-refractivity contribution is 5.75. The monoisotopic (exact) mass is 249 g/mol. The fourth-order valence-corrected chi connectivity index (χ4v) is 1.80. The lowest BCUT2D eigenvalue weighted by Gasteiger charge is -2.12. The molecule has 0 aromatic heterocycles. The molecular formula is C15H23NO2. The summed E-state index contributed by atoms with van der Waals surface area (Å²) in [4.78, 5) is 11.5. The van der Waals surface area contributed by atoms with Crippen LogP contribution in [0.5, 0.6) is 0 Å². The van der Waals surface area contributed by atoms with Gasteiger partial charge in [-0.25, -0.2) is 0 Å². The Balaban J connectivity index is 2.18. The molecule has 1 atom stereocenters. The van der Waals surface area contributed by atoms with E-state index in [2.05, 4.69) is 12.2 Å². The molecule has 1 amide bonds. The number of amides is 1. The van der Waals surface area contributed by atoms with Gasteiger partial charge in [0.25, 0.3) is 0 Å². The molecule has 1 aromatic rings. The summed E-state index contributed by atoms with van der Waals surface area (Å²) >= 11 is 0. The van der Waals surface area contributed by atoms with Crippen molar-refractivity contribution in [1.82, 2.24) is 5.32 Å². The number of nitrogens with one attached hydrogen (secondary N) is 1. The molecule has 0 saturated heterocycles. The summed E-state index contributed by atoms with van der Waals surface area (Å²) < 4.78 is 0. The Morgan fingerprint density at radius 1 is 1.22 bits per heavy atom. The van der Waals surface area contributed by atoms with E-state index < -0.39 is 6.10 Å². The first-order valence-corrected chi connectivity index (χ1v) is 6.73. The topological polar surface area (TPSA) is 49.3 Å². The summed E-state index contributed by atoms with van der Waals surface area (Å²) in [5, 5.41) is 12.6. The average Bonchev–Trinajstić information content (AvgIpc) is 2.42. The maximum atomic E-state index is 11.5. The number of unbranched alkanes of at least 4 members (excludes halogenated alkanes) is 3. The van der Waals surface area contributed by atoms with E-state index in [1.54, 1.807) is 0 Å². The number of benzene rings is 1. The summed E-state index contributed by atoms with van der Waals surface area (Å²) in [5.74, 6) is 0.0288. The van der Waals surface area contributed by atoms with Crippen LogP contribution in [-0.2, 0) is 4.79 Å². The molecule has 0 aliphatic rings. The highest BCUT2D eigenvalue weighted by atomic mass is 16.3. The van der Waals surface area contributed by atoms with E-state index in [1.807, 2.05) is 30.3 Å². The molecule has 1 rings (SSSR count). The van der Waals surface area contributed by atoms with Crippen LogP contribution >= 0.6 is 0 Å². The van der Waals surface area contributed by atoms with Crippen molar-refractivity contribution in [3.05, 3.63) is 35.9 Å². The highest BCUT2D eigenvalue weighted by Crippen LogP contribution is 2.10. The summed E-state index contributed by atoms with van der Waals surface area (Å²) in [6.07, 6.45) is 4.33. The van der Waals surface area contributed by atoms with Crippen LogP contribution in [0.3, 0.4) is 0 Å². The van der Waals surface area contributed by atoms with Crippen LogP contribution in [0.15, 0.2) is 30.3 Å². The first-order chi connectivity index (χ1) is 8.74. The van der Waals surface area contributed by atoms with Crippen molar-refractivity contribution in [1.29, 1.82) is 0 Å². The van der Waals surface area contributed by atoms with Gasteiger partial charge in [0.1, 0.15) is 0 Å². The lowest BCUT2D eigenvalue weighted by molar-refractivity contribution is -0.121. The van der Waals surface area contributed by atoms with Crippen LogP contribution in [0.25, 0.3) is 0 Å². The molecule has 1 unspecified atom stereocenters. The molecule has 0 spiro atoms. The van der Waals surface area contributed by atoms with Crippen LogP contribution in [0.2, 0.25) is 0 Å². The van der Waals surface area contributed by atoms with Crippen LogP contribution in [0.1, 0.15) is 50.7 Å². The van der Waals surface area contributed by atoms with Gasteiger partial charge in [0.15, 0.2) is 0 Å². The summed E-state index contributed by atoms with van der Waals surface area (Å²) in [5.41, 5.74) is 0.837. The Hall–Kier alpha value is -1.35. The molecule has 0 saturated carbocycles. The largest absolute Gasteiger partial charge is 0.387 e. The van der Waals surface area contributed by atoms with E-state index in [0.29, 0.717) is 6.42 Å². The van der Waals surface area contributed by atoms with Crippen molar-refractivity contribution in [2.45, 2.75) is 45.1 Å². The smallest absolute Gasteiger partial charge is 0.220 e. The lowest BCUT2D eigenvalue weighted by atomic mass is 10.1. The van der Waals surface area contributed by atoms with Crippen molar-refractivity contribution in [2.75, 3.05) is 6.54 Å². The Bertz CT molecular complexity index is 338. The Labute approximate surface area is 109 Å². The fraction of sp³-hybridized carbons (Fsp3) is 0.533. The van der Waals surface area contributed by atoms with Crippen molar-refractivity contribution >= 4 is 5.91 Å². The maximum Gasteiger partial charge on any atom is 0.220 e. The van der Waals surface area contributed by atoms with E-state index in [-0.39, 0.29) is 12.5 Å². The molecular weight excluding hydrogens is 226 g/mol. The van der Waals surface area contributed by atoms with E-state index >= 15 is 0 Å². The minimum atomic E-state index is -0.620. The number of aliphatic hydroxyl groups excluding tert-OH is 1. The predicted molar refractivity (Wildman–Crippen MR) is 73.2 cm³/mol. The third-order valence-electron chi connectivity index (χ3n) is 2.93. The second-order valence-corrected chi connectivity index (χ2v) is 4.54. The highest BCUT2D eigenvalue weighted by Gasteiger charge is 2.08. The van der Waals surface area contributed by atoms with Gasteiger partial charge in [-0.2, -0.15) is 0 Å². The SMILES string of the molecule is CCCCCCC(=O)NCC(O)c1ccccc1. The molecule has 0 fully saturated rings. The van der Waals surface area contributed by atoms with Gasteiger partial charge in [0.05, 0.1) is 6.10 Å². The first-order valence-electron chi connectivity index (χ1n) is 6.73. The molecule has 0 aliphatic carbocycles. The Kier molecular flexibility index (Phi) is 7.11. The molecule has 0 aliphatic heterocycles. The molecule has 0 heterocycles. The normalized spacial score (nSPS) is 12.1. The zero-order chi connectivity index (χ0) is 13.2. The summed E-state index contributed by atoms with van der Waals surface area (Å²) in [7, 11) is 0. The van der Waals surface area contributed by atoms with E-state index in [4.69, 9.17) is 0 Å². The van der Waals surface area contributed by atoms with Gasteiger partial charge in [0, 0.05) is 13.0 Å². The number of hydrogen-bond donors (Lipinski definition) is 2. The third-order valence-corrected chi connectivity index (χ3v) is 2.93. The number of carbonyl (C=O) groups excluding carboxylic acids is 1. The molecule has 2 N–H and O–H groups in total. The molecule has 3 nitrogen and oxygen atoms in total. The number of aliphatic hydroxyl groups is 1. The quantitative estimate of drug-likeness (QED) is 0.696. The first kappa shape index (κ1) is 14.7. The van der Waals surface area contributed by atoms with Gasteiger partial charge in [-0.05, 0) is 12.0 Å². The van der Waals surface area contributed by atoms with Crippen molar-refractivity contribution in [3.63, 3.8) is 0 Å². The van der Waals surface area contributed by atoms with E-state index in [9.17, 15) is 9.90 Å². The minimum absolute atomic E-state index is 0.0288. The number of rotatable bonds is 8. The van der Waals surface area contributed by atoms with Crippen LogP contribution in [0, 0.1) is 0 Å². The minimum Gasteiger partial charge on any atom is -0.387 e. The van der Waals surface area contributed by atoms with Crippen molar-refractivity contribution < 1.29 is 9.90 Å². The molecule has 1 aromatic carbocycles. The van der Waals surface area contributed by atoms with Gasteiger partial charge >= 0.3 is 0 Å². The van der Waals surface area contributed by atoms with Crippen molar-refractivity contribution in [2.24, 2.45) is 0 Å². The molecule has 3 heteroatoms. The van der Waals surface area contributed by atoms with E-state index in [0.717, 1.165) is 18.4 Å². The zero-order valence-corrected chi connectivity index (χ0v) is 11.1. The molecule has 18 heavy (non-hydrogen) atoms. The average molecular weight is 249 g/mol. The zero-order valence-electron chi connectivity index (χ0n) is 11.1. The van der Waals surface area contributed by atoms with Gasteiger partial charge in [-0.15, -0.1) is 0 Å². The predicted octanol–water partition coefficient (Wildman–Crippen LogP) is 2.81. The second-order valence-electron chi connectivity index (χ2n) is 4.54. The Morgan fingerprint density at radius 3 is 2.61 bits per heavy atom. The Morgan fingerprint density at radius 2 is 1.94 bits per heavy atom. The maximum absolute atomic E-state index is 11.5. The summed E-state index contributed by atoms with van der Waals surface area (Å²) in [6, 6.07) is 9.38. The molecule has 0 bridgehead atoms. The van der Waals surface area contributed by atoms with Gasteiger partial charge in [0.2, 0.25) is 5.91 Å². The summed E-state index contributed by atoms with van der Waals surface area (Å²) in [6.45, 7) is 2.44. The van der Waals surface area contributed by atoms with Gasteiger partial charge in [-0.3, -0.25) is 4.79 Å². The lowest BCUT2D eigenvalue weighted by Crippen LogP contribution is -2.28. The number of carbonyl (C=O) groups is 1. The third kappa shape index (κ3) is 5.82. The standard InChI is InChI=1S/C15H23NO2/c1-2-3-4-8-11-15(18)16-12-14(17)13-9-6-5-7-10-13/h5-7,9-10,14,17H,2-4,8,11-12H2,1H3,(H,16,18). The molecule has 100 valence electrons. The van der Waals surface area contributed by atoms with Gasteiger partial charge < -0.3 is 10.4 Å².